The Morgan fingerprint density at radius 3 is 2.06 bits per heavy atom. The molecule has 0 heterocycles. The van der Waals surface area contributed by atoms with Gasteiger partial charge in [-0.3, -0.25) is 9.59 Å². The number of nitrogens with one attached hydrogen (secondary N) is 2. The molecule has 0 aliphatic heterocycles. The third-order valence-electron chi connectivity index (χ3n) is 6.11. The van der Waals surface area contributed by atoms with Crippen molar-refractivity contribution in [1.82, 2.24) is 10.6 Å². The van der Waals surface area contributed by atoms with E-state index in [-0.39, 0.29) is 24.9 Å². The van der Waals surface area contributed by atoms with Crippen LogP contribution in [0.1, 0.15) is 50.7 Å². The van der Waals surface area contributed by atoms with Crippen LogP contribution in [-0.2, 0) is 14.3 Å². The predicted octanol–water partition coefficient (Wildman–Crippen LogP) is 3.92. The zero-order valence-electron chi connectivity index (χ0n) is 18.6. The van der Waals surface area contributed by atoms with Crippen LogP contribution in [0.25, 0.3) is 11.1 Å². The number of carboxylic acids is 1. The number of carbonyl (C=O) groups is 3. The fourth-order valence-corrected chi connectivity index (χ4v) is 4.02. The van der Waals surface area contributed by atoms with Gasteiger partial charge in [0.25, 0.3) is 0 Å². The molecule has 3 atom stereocenters. The molecule has 1 aliphatic carbocycles. The van der Waals surface area contributed by atoms with Crippen molar-refractivity contribution in [2.24, 2.45) is 5.92 Å². The van der Waals surface area contributed by atoms with Crippen molar-refractivity contribution in [1.29, 1.82) is 0 Å². The monoisotopic (exact) mass is 438 g/mol. The fourth-order valence-electron chi connectivity index (χ4n) is 4.02. The number of ether oxygens (including phenoxy) is 1. The zero-order valence-corrected chi connectivity index (χ0v) is 18.6. The van der Waals surface area contributed by atoms with Gasteiger partial charge in [-0.2, -0.15) is 0 Å². The van der Waals surface area contributed by atoms with E-state index in [0.29, 0.717) is 6.42 Å². The summed E-state index contributed by atoms with van der Waals surface area (Å²) in [7, 11) is 0. The van der Waals surface area contributed by atoms with E-state index in [1.165, 1.54) is 0 Å². The van der Waals surface area contributed by atoms with E-state index in [0.717, 1.165) is 22.3 Å². The Bertz CT molecular complexity index is 944. The smallest absolute Gasteiger partial charge is 0.407 e. The van der Waals surface area contributed by atoms with E-state index >= 15 is 0 Å². The fraction of sp³-hybridized carbons (Fsp3) is 0.400. The summed E-state index contributed by atoms with van der Waals surface area (Å²) in [4.78, 5) is 35.8. The van der Waals surface area contributed by atoms with Crippen LogP contribution in [0.15, 0.2) is 48.5 Å². The van der Waals surface area contributed by atoms with Gasteiger partial charge >= 0.3 is 12.1 Å². The number of carbonyl (C=O) groups excluding carboxylic acids is 2. The molecule has 3 N–H and O–H groups in total. The lowest BCUT2D eigenvalue weighted by atomic mass is 9.98. The normalized spacial score (nSPS) is 15.1. The number of fused-ring (bicyclic) bond motifs is 3. The van der Waals surface area contributed by atoms with Crippen LogP contribution < -0.4 is 10.6 Å². The molecule has 170 valence electrons. The first kappa shape index (κ1) is 23.3. The molecule has 0 saturated carbocycles. The summed E-state index contributed by atoms with van der Waals surface area (Å²) in [5.74, 6) is -1.84. The van der Waals surface area contributed by atoms with Gasteiger partial charge in [0.2, 0.25) is 5.91 Å². The maximum absolute atomic E-state index is 12.5. The predicted molar refractivity (Wildman–Crippen MR) is 121 cm³/mol. The van der Waals surface area contributed by atoms with Crippen LogP contribution in [0.5, 0.6) is 0 Å². The second-order valence-electron chi connectivity index (χ2n) is 8.26. The first-order valence-corrected chi connectivity index (χ1v) is 11.0. The van der Waals surface area contributed by atoms with Crippen LogP contribution in [0, 0.1) is 5.92 Å². The van der Waals surface area contributed by atoms with Gasteiger partial charge < -0.3 is 20.5 Å². The minimum atomic E-state index is -0.963. The lowest BCUT2D eigenvalue weighted by molar-refractivity contribution is -0.137. The van der Waals surface area contributed by atoms with E-state index < -0.39 is 30.1 Å². The molecule has 0 radical (unpaired) electrons. The molecule has 32 heavy (non-hydrogen) atoms. The first-order chi connectivity index (χ1) is 15.3. The largest absolute Gasteiger partial charge is 0.481 e. The van der Waals surface area contributed by atoms with Crippen molar-refractivity contribution in [3.05, 3.63) is 59.7 Å². The van der Waals surface area contributed by atoms with E-state index in [9.17, 15) is 14.4 Å². The molecule has 0 bridgehead atoms. The summed E-state index contributed by atoms with van der Waals surface area (Å²) in [5.41, 5.74) is 4.57. The molecular formula is C25H30N2O5. The van der Waals surface area contributed by atoms with Gasteiger partial charge in [-0.15, -0.1) is 0 Å². The number of rotatable bonds is 9. The van der Waals surface area contributed by atoms with Crippen molar-refractivity contribution in [3.8, 4) is 11.1 Å². The Balaban J connectivity index is 1.56. The van der Waals surface area contributed by atoms with Crippen molar-refractivity contribution < 1.29 is 24.2 Å². The highest BCUT2D eigenvalue weighted by Crippen LogP contribution is 2.44. The van der Waals surface area contributed by atoms with Gasteiger partial charge in [0, 0.05) is 18.0 Å². The number of benzene rings is 2. The Morgan fingerprint density at radius 2 is 1.53 bits per heavy atom. The van der Waals surface area contributed by atoms with Crippen LogP contribution >= 0.6 is 0 Å². The minimum Gasteiger partial charge on any atom is -0.481 e. The second-order valence-corrected chi connectivity index (χ2v) is 8.26. The molecular weight excluding hydrogens is 408 g/mol. The van der Waals surface area contributed by atoms with Crippen molar-refractivity contribution in [2.45, 2.75) is 51.6 Å². The van der Waals surface area contributed by atoms with Gasteiger partial charge in [-0.25, -0.2) is 4.79 Å². The highest BCUT2D eigenvalue weighted by atomic mass is 16.5. The quantitative estimate of drug-likeness (QED) is 0.550. The Hall–Kier alpha value is -3.35. The van der Waals surface area contributed by atoms with Gasteiger partial charge in [-0.05, 0) is 35.6 Å². The summed E-state index contributed by atoms with van der Waals surface area (Å²) in [5, 5.41) is 14.4. The van der Waals surface area contributed by atoms with E-state index in [4.69, 9.17) is 9.84 Å². The first-order valence-electron chi connectivity index (χ1n) is 11.0. The summed E-state index contributed by atoms with van der Waals surface area (Å²) in [6.07, 6.45) is -0.209. The lowest BCUT2D eigenvalue weighted by Gasteiger charge is -2.23. The lowest BCUT2D eigenvalue weighted by Crippen LogP contribution is -2.47. The Morgan fingerprint density at radius 1 is 0.969 bits per heavy atom. The third kappa shape index (κ3) is 5.28. The molecule has 0 spiro atoms. The minimum absolute atomic E-state index is 0.0366. The molecule has 7 nitrogen and oxygen atoms in total. The number of carboxylic acid groups (broad SMARTS) is 1. The van der Waals surface area contributed by atoms with E-state index in [2.05, 4.69) is 34.9 Å². The summed E-state index contributed by atoms with van der Waals surface area (Å²) < 4.78 is 5.54. The van der Waals surface area contributed by atoms with Crippen molar-refractivity contribution in [3.63, 3.8) is 0 Å². The molecule has 2 amide bonds. The Labute approximate surface area is 188 Å². The van der Waals surface area contributed by atoms with Crippen LogP contribution in [0.3, 0.4) is 0 Å². The SMILES string of the molecule is CC[C@H](CC(=O)O)NC(=O)C(C)C(C)NC(=O)OCC1c2ccccc2-c2ccccc21. The zero-order chi connectivity index (χ0) is 23.3. The summed E-state index contributed by atoms with van der Waals surface area (Å²) in [6, 6.07) is 15.3. The molecule has 2 aromatic carbocycles. The molecule has 0 saturated heterocycles. The standard InChI is InChI=1S/C25H30N2O5/c1-4-17(13-23(28)29)27-24(30)15(2)16(3)26-25(31)32-14-22-20-11-7-5-9-18(20)19-10-6-8-12-21(19)22/h5-12,15-17,22H,4,13-14H2,1-3H3,(H,26,31)(H,27,30)(H,28,29)/t15?,16?,17-/m1/s1. The third-order valence-corrected chi connectivity index (χ3v) is 6.11. The van der Waals surface area contributed by atoms with Crippen LogP contribution in [0.4, 0.5) is 4.79 Å². The number of amides is 2. The van der Waals surface area contributed by atoms with Gasteiger partial charge in [0.15, 0.2) is 0 Å². The topological polar surface area (TPSA) is 105 Å². The molecule has 7 heteroatoms. The van der Waals surface area contributed by atoms with Crippen LogP contribution in [0.2, 0.25) is 0 Å². The molecule has 2 aromatic rings. The van der Waals surface area contributed by atoms with Crippen LogP contribution in [-0.4, -0.2) is 41.8 Å². The van der Waals surface area contributed by atoms with Gasteiger partial charge in [0.05, 0.1) is 12.3 Å². The maximum Gasteiger partial charge on any atom is 0.407 e. The van der Waals surface area contributed by atoms with E-state index in [1.54, 1.807) is 13.8 Å². The van der Waals surface area contributed by atoms with Gasteiger partial charge in [-0.1, -0.05) is 62.4 Å². The molecule has 1 aliphatic rings. The summed E-state index contributed by atoms with van der Waals surface area (Å²) in [6.45, 7) is 5.43. The second kappa shape index (κ2) is 10.3. The highest BCUT2D eigenvalue weighted by molar-refractivity contribution is 5.81. The van der Waals surface area contributed by atoms with Crippen molar-refractivity contribution >= 4 is 18.0 Å². The Kier molecular flexibility index (Phi) is 7.51. The molecule has 0 fully saturated rings. The highest BCUT2D eigenvalue weighted by Gasteiger charge is 2.30. The average molecular weight is 439 g/mol. The van der Waals surface area contributed by atoms with Crippen molar-refractivity contribution in [2.75, 3.05) is 6.61 Å². The maximum atomic E-state index is 12.5. The number of hydrogen-bond donors (Lipinski definition) is 3. The number of alkyl carbamates (subject to hydrolysis) is 1. The number of hydrogen-bond acceptors (Lipinski definition) is 4. The molecule has 3 rings (SSSR count). The molecule has 0 aromatic heterocycles. The molecule has 2 unspecified atom stereocenters. The number of aliphatic carboxylic acids is 1. The van der Waals surface area contributed by atoms with Gasteiger partial charge in [0.1, 0.15) is 6.61 Å². The summed E-state index contributed by atoms with van der Waals surface area (Å²) >= 11 is 0. The van der Waals surface area contributed by atoms with E-state index in [1.807, 2.05) is 31.2 Å². The average Bonchev–Trinajstić information content (AvgIpc) is 3.10.